The van der Waals surface area contributed by atoms with Gasteiger partial charge in [0.2, 0.25) is 0 Å². The normalized spacial score (nSPS) is 11.0. The lowest BCUT2D eigenvalue weighted by Crippen LogP contribution is -1.89. The highest BCUT2D eigenvalue weighted by atomic mass is 14.7. The minimum absolute atomic E-state index is 1.05. The third-order valence-corrected chi connectivity index (χ3v) is 5.30. The van der Waals surface area contributed by atoms with E-state index >= 15 is 0 Å². The van der Waals surface area contributed by atoms with Gasteiger partial charge in [-0.1, -0.05) is 102 Å². The summed E-state index contributed by atoms with van der Waals surface area (Å²) in [6, 6.07) is 13.3. The Kier molecular flexibility index (Phi) is 10.1. The van der Waals surface area contributed by atoms with Gasteiger partial charge in [0.05, 0.1) is 5.69 Å². The van der Waals surface area contributed by atoms with Gasteiger partial charge in [0.15, 0.2) is 0 Å². The van der Waals surface area contributed by atoms with E-state index in [2.05, 4.69) is 55.2 Å². The number of pyridine rings is 1. The highest BCUT2D eigenvalue weighted by Gasteiger charge is 2.00. The predicted octanol–water partition coefficient (Wildman–Crippen LogP) is 7.77. The maximum absolute atomic E-state index is 4.58. The second-order valence-corrected chi connectivity index (χ2v) is 7.53. The van der Waals surface area contributed by atoms with Crippen LogP contribution in [-0.2, 0) is 12.8 Å². The van der Waals surface area contributed by atoms with E-state index in [4.69, 9.17) is 0 Å². The van der Waals surface area contributed by atoms with Gasteiger partial charge in [0.1, 0.15) is 0 Å². The summed E-state index contributed by atoms with van der Waals surface area (Å²) < 4.78 is 0. The largest absolute Gasteiger partial charge is 0.256 e. The zero-order valence-electron chi connectivity index (χ0n) is 17.0. The van der Waals surface area contributed by atoms with E-state index in [1.165, 1.54) is 87.3 Å². The van der Waals surface area contributed by atoms with Gasteiger partial charge in [-0.05, 0) is 36.5 Å². The Morgan fingerprint density at radius 1 is 0.615 bits per heavy atom. The molecule has 0 aliphatic heterocycles. The first-order valence-electron chi connectivity index (χ1n) is 10.9. The molecule has 142 valence electrons. The van der Waals surface area contributed by atoms with Gasteiger partial charge < -0.3 is 0 Å². The SMILES string of the molecule is CCCCCCCCCCCCc1ccc(-c2ccc(CC)cn2)cc1. The van der Waals surface area contributed by atoms with Crippen molar-refractivity contribution in [3.05, 3.63) is 53.7 Å². The maximum atomic E-state index is 4.58. The molecular formula is C25H37N. The molecule has 0 radical (unpaired) electrons. The van der Waals surface area contributed by atoms with Crippen molar-refractivity contribution in [3.63, 3.8) is 0 Å². The molecular weight excluding hydrogens is 314 g/mol. The van der Waals surface area contributed by atoms with Crippen molar-refractivity contribution in [1.29, 1.82) is 0 Å². The van der Waals surface area contributed by atoms with Crippen LogP contribution in [0.2, 0.25) is 0 Å². The van der Waals surface area contributed by atoms with E-state index in [1.807, 2.05) is 6.20 Å². The van der Waals surface area contributed by atoms with Gasteiger partial charge in [0, 0.05) is 11.8 Å². The summed E-state index contributed by atoms with van der Waals surface area (Å²) in [5, 5.41) is 0. The standard InChI is InChI=1S/C25H37N/c1-3-5-6-7-8-9-10-11-12-13-14-23-15-18-24(19-16-23)25-20-17-22(4-2)21-26-25/h15-21H,3-14H2,1-2H3. The second-order valence-electron chi connectivity index (χ2n) is 7.53. The van der Waals surface area contributed by atoms with Crippen LogP contribution in [0.1, 0.15) is 89.2 Å². The first-order valence-corrected chi connectivity index (χ1v) is 10.9. The lowest BCUT2D eigenvalue weighted by atomic mass is 10.0. The minimum Gasteiger partial charge on any atom is -0.256 e. The number of aryl methyl sites for hydroxylation is 2. The molecule has 0 atom stereocenters. The van der Waals surface area contributed by atoms with Gasteiger partial charge in [-0.3, -0.25) is 4.98 Å². The van der Waals surface area contributed by atoms with Gasteiger partial charge in [-0.25, -0.2) is 0 Å². The zero-order chi connectivity index (χ0) is 18.5. The van der Waals surface area contributed by atoms with Crippen molar-refractivity contribution in [2.75, 3.05) is 0 Å². The highest BCUT2D eigenvalue weighted by Crippen LogP contribution is 2.19. The summed E-state index contributed by atoms with van der Waals surface area (Å²) in [4.78, 5) is 4.58. The number of benzene rings is 1. The Morgan fingerprint density at radius 3 is 1.73 bits per heavy atom. The van der Waals surface area contributed by atoms with Gasteiger partial charge in [-0.15, -0.1) is 0 Å². The summed E-state index contributed by atoms with van der Waals surface area (Å²) in [5.74, 6) is 0. The van der Waals surface area contributed by atoms with E-state index < -0.39 is 0 Å². The number of aromatic nitrogens is 1. The molecule has 1 aromatic carbocycles. The van der Waals surface area contributed by atoms with Crippen LogP contribution in [0.25, 0.3) is 11.3 Å². The summed E-state index contributed by atoms with van der Waals surface area (Å²) in [7, 11) is 0. The Bertz CT molecular complexity index is 583. The number of unbranched alkanes of at least 4 members (excludes halogenated alkanes) is 9. The Hall–Kier alpha value is -1.63. The lowest BCUT2D eigenvalue weighted by Gasteiger charge is -2.05. The number of hydrogen-bond acceptors (Lipinski definition) is 1. The van der Waals surface area contributed by atoms with Crippen molar-refractivity contribution in [2.24, 2.45) is 0 Å². The topological polar surface area (TPSA) is 12.9 Å². The van der Waals surface area contributed by atoms with Crippen LogP contribution in [0.15, 0.2) is 42.6 Å². The molecule has 1 heterocycles. The molecule has 0 aliphatic carbocycles. The highest BCUT2D eigenvalue weighted by molar-refractivity contribution is 5.59. The van der Waals surface area contributed by atoms with Crippen molar-refractivity contribution in [3.8, 4) is 11.3 Å². The van der Waals surface area contributed by atoms with E-state index in [1.54, 1.807) is 0 Å². The third-order valence-electron chi connectivity index (χ3n) is 5.30. The monoisotopic (exact) mass is 351 g/mol. The van der Waals surface area contributed by atoms with Gasteiger partial charge in [0.25, 0.3) is 0 Å². The molecule has 1 nitrogen and oxygen atoms in total. The molecule has 0 saturated carbocycles. The van der Waals surface area contributed by atoms with Crippen LogP contribution in [0.5, 0.6) is 0 Å². The summed E-state index contributed by atoms with van der Waals surface area (Å²) in [6.07, 6.45) is 18.3. The fraction of sp³-hybridized carbons (Fsp3) is 0.560. The van der Waals surface area contributed by atoms with Crippen molar-refractivity contribution in [2.45, 2.75) is 90.9 Å². The summed E-state index contributed by atoms with van der Waals surface area (Å²) in [5.41, 5.74) is 5.05. The molecule has 0 N–H and O–H groups in total. The van der Waals surface area contributed by atoms with Crippen LogP contribution in [0, 0.1) is 0 Å². The molecule has 2 rings (SSSR count). The van der Waals surface area contributed by atoms with Gasteiger partial charge >= 0.3 is 0 Å². The Balaban J connectivity index is 1.60. The Morgan fingerprint density at radius 2 is 1.19 bits per heavy atom. The predicted molar refractivity (Wildman–Crippen MR) is 115 cm³/mol. The average Bonchev–Trinajstić information content (AvgIpc) is 2.70. The molecule has 0 saturated heterocycles. The lowest BCUT2D eigenvalue weighted by molar-refractivity contribution is 0.556. The molecule has 26 heavy (non-hydrogen) atoms. The molecule has 0 bridgehead atoms. The number of hydrogen-bond donors (Lipinski definition) is 0. The van der Waals surface area contributed by atoms with Crippen LogP contribution in [0.3, 0.4) is 0 Å². The van der Waals surface area contributed by atoms with E-state index in [0.29, 0.717) is 0 Å². The van der Waals surface area contributed by atoms with E-state index in [0.717, 1.165) is 12.1 Å². The first-order chi connectivity index (χ1) is 12.8. The Labute approximate surface area is 161 Å². The van der Waals surface area contributed by atoms with Crippen LogP contribution < -0.4 is 0 Å². The smallest absolute Gasteiger partial charge is 0.0702 e. The van der Waals surface area contributed by atoms with Crippen LogP contribution in [0.4, 0.5) is 0 Å². The quantitative estimate of drug-likeness (QED) is 0.336. The zero-order valence-corrected chi connectivity index (χ0v) is 17.0. The first kappa shape index (κ1) is 20.7. The molecule has 0 fully saturated rings. The molecule has 0 amide bonds. The van der Waals surface area contributed by atoms with Crippen molar-refractivity contribution < 1.29 is 0 Å². The molecule has 2 aromatic rings. The van der Waals surface area contributed by atoms with Crippen LogP contribution >= 0.6 is 0 Å². The summed E-state index contributed by atoms with van der Waals surface area (Å²) >= 11 is 0. The fourth-order valence-corrected chi connectivity index (χ4v) is 3.46. The molecule has 1 heteroatoms. The van der Waals surface area contributed by atoms with Gasteiger partial charge in [-0.2, -0.15) is 0 Å². The molecule has 0 spiro atoms. The number of nitrogens with zero attached hydrogens (tertiary/aromatic N) is 1. The fourth-order valence-electron chi connectivity index (χ4n) is 3.46. The summed E-state index contributed by atoms with van der Waals surface area (Å²) in [6.45, 7) is 4.45. The average molecular weight is 352 g/mol. The number of rotatable bonds is 13. The molecule has 0 unspecified atom stereocenters. The van der Waals surface area contributed by atoms with Crippen LogP contribution in [-0.4, -0.2) is 4.98 Å². The van der Waals surface area contributed by atoms with E-state index in [-0.39, 0.29) is 0 Å². The molecule has 0 aliphatic rings. The van der Waals surface area contributed by atoms with Crippen molar-refractivity contribution in [1.82, 2.24) is 4.98 Å². The maximum Gasteiger partial charge on any atom is 0.0702 e. The van der Waals surface area contributed by atoms with Crippen molar-refractivity contribution >= 4 is 0 Å². The minimum atomic E-state index is 1.05. The second kappa shape index (κ2) is 12.7. The molecule has 1 aromatic heterocycles. The third kappa shape index (κ3) is 7.72. The van der Waals surface area contributed by atoms with E-state index in [9.17, 15) is 0 Å².